The van der Waals surface area contributed by atoms with E-state index >= 15 is 0 Å². The van der Waals surface area contributed by atoms with Crippen LogP contribution in [0, 0.1) is 0 Å². The maximum absolute atomic E-state index is 12.4. The highest BCUT2D eigenvalue weighted by Gasteiger charge is 2.19. The Bertz CT molecular complexity index is 811. The van der Waals surface area contributed by atoms with Gasteiger partial charge in [0.25, 0.3) is 5.91 Å². The molecule has 3 rings (SSSR count). The maximum Gasteiger partial charge on any atom is 0.255 e. The first-order valence-electron chi connectivity index (χ1n) is 8.27. The van der Waals surface area contributed by atoms with Gasteiger partial charge in [-0.25, -0.2) is 0 Å². The number of halogens is 1. The molecule has 0 atom stereocenters. The molecule has 2 N–H and O–H groups in total. The number of hydrogen-bond donors (Lipinski definition) is 2. The van der Waals surface area contributed by atoms with Gasteiger partial charge in [0.05, 0.1) is 17.3 Å². The van der Waals surface area contributed by atoms with Crippen LogP contribution >= 0.6 is 23.4 Å². The molecule has 0 unspecified atom stereocenters. The summed E-state index contributed by atoms with van der Waals surface area (Å²) in [6.07, 6.45) is 2.05. The minimum Gasteiger partial charge on any atom is -0.359 e. The summed E-state index contributed by atoms with van der Waals surface area (Å²) in [7, 11) is 0. The number of carbonyl (C=O) groups is 2. The minimum absolute atomic E-state index is 0.0189. The second kappa shape index (κ2) is 8.47. The molecule has 1 heterocycles. The number of rotatable bonds is 5. The maximum atomic E-state index is 12.4. The lowest BCUT2D eigenvalue weighted by atomic mass is 10.1. The number of amides is 2. The highest BCUT2D eigenvalue weighted by Crippen LogP contribution is 2.29. The van der Waals surface area contributed by atoms with Crippen LogP contribution in [0.3, 0.4) is 0 Å². The van der Waals surface area contributed by atoms with Gasteiger partial charge in [-0.1, -0.05) is 23.7 Å². The van der Waals surface area contributed by atoms with Crippen LogP contribution < -0.4 is 15.5 Å². The molecule has 2 aromatic carbocycles. The van der Waals surface area contributed by atoms with Gasteiger partial charge in [0, 0.05) is 30.1 Å². The average molecular weight is 390 g/mol. The number of benzene rings is 2. The van der Waals surface area contributed by atoms with Crippen molar-refractivity contribution in [3.8, 4) is 0 Å². The zero-order valence-electron chi connectivity index (χ0n) is 14.4. The van der Waals surface area contributed by atoms with Gasteiger partial charge in [0.1, 0.15) is 0 Å². The summed E-state index contributed by atoms with van der Waals surface area (Å²) in [5.74, 6) is 0.726. The first-order chi connectivity index (χ1) is 12.6. The van der Waals surface area contributed by atoms with E-state index in [9.17, 15) is 9.59 Å². The van der Waals surface area contributed by atoms with E-state index < -0.39 is 0 Å². The summed E-state index contributed by atoms with van der Waals surface area (Å²) in [5, 5.41) is 6.16. The van der Waals surface area contributed by atoms with Crippen molar-refractivity contribution in [2.24, 2.45) is 0 Å². The number of nitrogens with zero attached hydrogens (tertiary/aromatic N) is 1. The molecule has 5 nitrogen and oxygen atoms in total. The highest BCUT2D eigenvalue weighted by atomic mass is 35.5. The minimum atomic E-state index is -0.179. The molecule has 0 spiro atoms. The van der Waals surface area contributed by atoms with Gasteiger partial charge in [-0.15, -0.1) is 0 Å². The van der Waals surface area contributed by atoms with Crippen LogP contribution in [0.25, 0.3) is 0 Å². The van der Waals surface area contributed by atoms with Crippen molar-refractivity contribution in [2.45, 2.75) is 5.75 Å². The number of thioether (sulfide) groups is 1. The molecule has 2 amide bonds. The number of nitrogens with one attached hydrogen (secondary N) is 2. The van der Waals surface area contributed by atoms with E-state index in [4.69, 9.17) is 11.6 Å². The van der Waals surface area contributed by atoms with Crippen molar-refractivity contribution in [1.29, 1.82) is 0 Å². The van der Waals surface area contributed by atoms with E-state index in [0.29, 0.717) is 29.4 Å². The molecule has 0 aromatic heterocycles. The molecule has 1 fully saturated rings. The van der Waals surface area contributed by atoms with E-state index in [1.807, 2.05) is 41.5 Å². The van der Waals surface area contributed by atoms with Crippen LogP contribution in [0.2, 0.25) is 5.02 Å². The Kier molecular flexibility index (Phi) is 6.06. The molecule has 0 bridgehead atoms. The van der Waals surface area contributed by atoms with Crippen molar-refractivity contribution in [1.82, 2.24) is 5.32 Å². The second-order valence-electron chi connectivity index (χ2n) is 6.02. The lowest BCUT2D eigenvalue weighted by Gasteiger charge is -2.29. The lowest BCUT2D eigenvalue weighted by molar-refractivity contribution is -0.120. The predicted molar refractivity (Wildman–Crippen MR) is 108 cm³/mol. The quantitative estimate of drug-likeness (QED) is 0.822. The third-order valence-corrected chi connectivity index (χ3v) is 5.04. The van der Waals surface area contributed by atoms with Crippen molar-refractivity contribution < 1.29 is 9.59 Å². The Morgan fingerprint density at radius 1 is 1.27 bits per heavy atom. The molecule has 2 aromatic rings. The van der Waals surface area contributed by atoms with Gasteiger partial charge in [-0.3, -0.25) is 9.59 Å². The molecule has 7 heteroatoms. The fraction of sp³-hybridized carbons (Fsp3) is 0.263. The van der Waals surface area contributed by atoms with Gasteiger partial charge in [-0.2, -0.15) is 11.8 Å². The third kappa shape index (κ3) is 4.51. The van der Waals surface area contributed by atoms with Crippen molar-refractivity contribution in [2.75, 3.05) is 36.1 Å². The number of piperazine rings is 1. The van der Waals surface area contributed by atoms with E-state index in [0.717, 1.165) is 11.4 Å². The molecule has 0 aliphatic carbocycles. The molecule has 136 valence electrons. The Morgan fingerprint density at radius 3 is 2.69 bits per heavy atom. The van der Waals surface area contributed by atoms with Gasteiger partial charge in [0.15, 0.2) is 0 Å². The fourth-order valence-electron chi connectivity index (χ4n) is 2.81. The van der Waals surface area contributed by atoms with Gasteiger partial charge in [-0.05, 0) is 42.2 Å². The standard InChI is InChI=1S/C19H20ClN3O2S/c1-26-12-13-2-4-14(5-3-13)19(25)22-15-6-7-17(16(20)10-15)23-9-8-21-18(24)11-23/h2-7,10H,8-9,11-12H2,1H3,(H,21,24)(H,22,25). The summed E-state index contributed by atoms with van der Waals surface area (Å²) in [6.45, 7) is 1.59. The SMILES string of the molecule is CSCc1ccc(C(=O)Nc2ccc(N3CCNC(=O)C3)c(Cl)c2)cc1. The van der Waals surface area contributed by atoms with E-state index in [-0.39, 0.29) is 18.4 Å². The molecule has 26 heavy (non-hydrogen) atoms. The highest BCUT2D eigenvalue weighted by molar-refractivity contribution is 7.97. The molecule has 1 aliphatic heterocycles. The molecule has 1 saturated heterocycles. The first kappa shape index (κ1) is 18.6. The molecule has 0 saturated carbocycles. The summed E-state index contributed by atoms with van der Waals surface area (Å²) in [6, 6.07) is 12.9. The van der Waals surface area contributed by atoms with Crippen LogP contribution in [0.15, 0.2) is 42.5 Å². The van der Waals surface area contributed by atoms with Gasteiger partial charge < -0.3 is 15.5 Å². The van der Waals surface area contributed by atoms with Crippen molar-refractivity contribution in [3.63, 3.8) is 0 Å². The smallest absolute Gasteiger partial charge is 0.255 e. The summed E-state index contributed by atoms with van der Waals surface area (Å²) < 4.78 is 0. The molecule has 1 aliphatic rings. The first-order valence-corrected chi connectivity index (χ1v) is 10.0. The number of carbonyl (C=O) groups excluding carboxylic acids is 2. The lowest BCUT2D eigenvalue weighted by Crippen LogP contribution is -2.47. The predicted octanol–water partition coefficient (Wildman–Crippen LogP) is 3.39. The molecular weight excluding hydrogens is 370 g/mol. The van der Waals surface area contributed by atoms with Gasteiger partial charge >= 0.3 is 0 Å². The van der Waals surface area contributed by atoms with E-state index in [2.05, 4.69) is 10.6 Å². The Hall–Kier alpha value is -2.18. The normalized spacial score (nSPS) is 14.1. The van der Waals surface area contributed by atoms with E-state index in [1.165, 1.54) is 5.56 Å². The molecule has 0 radical (unpaired) electrons. The zero-order valence-corrected chi connectivity index (χ0v) is 16.0. The van der Waals surface area contributed by atoms with Crippen molar-refractivity contribution in [3.05, 3.63) is 58.6 Å². The number of hydrogen-bond acceptors (Lipinski definition) is 4. The van der Waals surface area contributed by atoms with Crippen LogP contribution in [0.4, 0.5) is 11.4 Å². The fourth-order valence-corrected chi connectivity index (χ4v) is 3.63. The third-order valence-electron chi connectivity index (χ3n) is 4.11. The Morgan fingerprint density at radius 2 is 2.04 bits per heavy atom. The topological polar surface area (TPSA) is 61.4 Å². The Balaban J connectivity index is 1.69. The zero-order chi connectivity index (χ0) is 18.5. The summed E-state index contributed by atoms with van der Waals surface area (Å²) >= 11 is 8.11. The van der Waals surface area contributed by atoms with Crippen LogP contribution in [0.1, 0.15) is 15.9 Å². The molecular formula is C19H20ClN3O2S. The van der Waals surface area contributed by atoms with E-state index in [1.54, 1.807) is 23.9 Å². The average Bonchev–Trinajstić information content (AvgIpc) is 2.62. The van der Waals surface area contributed by atoms with Crippen LogP contribution in [-0.2, 0) is 10.5 Å². The number of anilines is 2. The van der Waals surface area contributed by atoms with Crippen molar-refractivity contribution >= 4 is 46.6 Å². The Labute approximate surface area is 162 Å². The monoisotopic (exact) mass is 389 g/mol. The van der Waals surface area contributed by atoms with Crippen LogP contribution in [-0.4, -0.2) is 37.7 Å². The summed E-state index contributed by atoms with van der Waals surface area (Å²) in [4.78, 5) is 25.9. The van der Waals surface area contributed by atoms with Gasteiger partial charge in [0.2, 0.25) is 5.91 Å². The second-order valence-corrected chi connectivity index (χ2v) is 7.29. The summed E-state index contributed by atoms with van der Waals surface area (Å²) in [5.41, 5.74) is 3.20. The van der Waals surface area contributed by atoms with Crippen LogP contribution in [0.5, 0.6) is 0 Å². The largest absolute Gasteiger partial charge is 0.359 e.